The van der Waals surface area contributed by atoms with E-state index in [2.05, 4.69) is 26.3 Å². The number of pyridine rings is 1. The molecule has 1 saturated heterocycles. The number of aromatic nitrogens is 1. The lowest BCUT2D eigenvalue weighted by Gasteiger charge is -2.24. The second-order valence-electron chi connectivity index (χ2n) is 4.67. The number of nitrogen functional groups attached to an aromatic ring is 1. The minimum atomic E-state index is -0.0928. The van der Waals surface area contributed by atoms with E-state index in [1.165, 1.54) is 0 Å². The fourth-order valence-electron chi connectivity index (χ4n) is 2.28. The molecule has 7 heteroatoms. The molecule has 0 saturated carbocycles. The van der Waals surface area contributed by atoms with Crippen molar-refractivity contribution in [3.8, 4) is 0 Å². The Labute approximate surface area is 126 Å². The highest BCUT2D eigenvalue weighted by Gasteiger charge is 2.24. The van der Waals surface area contributed by atoms with E-state index < -0.39 is 0 Å². The molecule has 1 amide bonds. The molecule has 0 aliphatic carbocycles. The maximum atomic E-state index is 12.6. The van der Waals surface area contributed by atoms with Crippen molar-refractivity contribution < 1.29 is 9.53 Å². The van der Waals surface area contributed by atoms with Crippen LogP contribution < -0.4 is 11.3 Å². The lowest BCUT2D eigenvalue weighted by atomic mass is 10.2. The summed E-state index contributed by atoms with van der Waals surface area (Å²) in [6, 6.07) is 1.72. The molecule has 0 bridgehead atoms. The standard InChI is InChI=1S/C13H19BrN4O2/c1-2-18(8-10-4-3-5-20-10)13(19)11-6-9(14)7-16-12(11)17-15/h6-7,10H,2-5,8,15H2,1H3,(H,16,17). The van der Waals surface area contributed by atoms with Gasteiger partial charge in [0, 0.05) is 30.4 Å². The fourth-order valence-corrected chi connectivity index (χ4v) is 2.61. The molecule has 0 radical (unpaired) electrons. The lowest BCUT2D eigenvalue weighted by molar-refractivity contribution is 0.0539. The Hall–Kier alpha value is -1.18. The largest absolute Gasteiger partial charge is 0.376 e. The number of hydrogen-bond acceptors (Lipinski definition) is 5. The van der Waals surface area contributed by atoms with Crippen LogP contribution in [-0.2, 0) is 4.74 Å². The first kappa shape index (κ1) is 15.2. The number of amides is 1. The number of ether oxygens (including phenoxy) is 1. The summed E-state index contributed by atoms with van der Waals surface area (Å²) < 4.78 is 6.34. The van der Waals surface area contributed by atoms with Crippen LogP contribution >= 0.6 is 15.9 Å². The molecule has 2 heterocycles. The third-order valence-electron chi connectivity index (χ3n) is 3.34. The van der Waals surface area contributed by atoms with Gasteiger partial charge in [-0.15, -0.1) is 0 Å². The first-order chi connectivity index (χ1) is 9.65. The molecular formula is C13H19BrN4O2. The lowest BCUT2D eigenvalue weighted by Crippen LogP contribution is -2.37. The van der Waals surface area contributed by atoms with Crippen molar-refractivity contribution in [2.24, 2.45) is 5.84 Å². The number of nitrogens with zero attached hydrogens (tertiary/aromatic N) is 2. The quantitative estimate of drug-likeness (QED) is 0.629. The summed E-state index contributed by atoms with van der Waals surface area (Å²) in [5.74, 6) is 5.71. The molecule has 1 aliphatic heterocycles. The van der Waals surface area contributed by atoms with Crippen LogP contribution in [0.15, 0.2) is 16.7 Å². The molecule has 20 heavy (non-hydrogen) atoms. The van der Waals surface area contributed by atoms with Crippen molar-refractivity contribution in [3.05, 3.63) is 22.3 Å². The van der Waals surface area contributed by atoms with E-state index in [0.29, 0.717) is 24.5 Å². The number of nitrogens with one attached hydrogen (secondary N) is 1. The molecule has 0 aromatic carbocycles. The van der Waals surface area contributed by atoms with Gasteiger partial charge in [0.2, 0.25) is 0 Å². The number of hydrogen-bond donors (Lipinski definition) is 2. The van der Waals surface area contributed by atoms with Crippen LogP contribution in [-0.4, -0.2) is 41.6 Å². The van der Waals surface area contributed by atoms with Crippen LogP contribution in [0.2, 0.25) is 0 Å². The highest BCUT2D eigenvalue weighted by molar-refractivity contribution is 9.10. The molecule has 6 nitrogen and oxygen atoms in total. The van der Waals surface area contributed by atoms with Crippen LogP contribution in [0.25, 0.3) is 0 Å². The topological polar surface area (TPSA) is 80.5 Å². The Morgan fingerprint density at radius 2 is 2.50 bits per heavy atom. The zero-order chi connectivity index (χ0) is 14.5. The van der Waals surface area contributed by atoms with Gasteiger partial charge in [0.25, 0.3) is 5.91 Å². The number of hydrazine groups is 1. The Kier molecular flexibility index (Phi) is 5.33. The van der Waals surface area contributed by atoms with E-state index in [9.17, 15) is 4.79 Å². The van der Waals surface area contributed by atoms with Gasteiger partial charge in [0.1, 0.15) is 0 Å². The van der Waals surface area contributed by atoms with E-state index >= 15 is 0 Å². The molecule has 110 valence electrons. The van der Waals surface area contributed by atoms with Crippen LogP contribution in [0.3, 0.4) is 0 Å². The molecule has 1 aromatic rings. The van der Waals surface area contributed by atoms with E-state index in [-0.39, 0.29) is 12.0 Å². The maximum absolute atomic E-state index is 12.6. The van der Waals surface area contributed by atoms with Gasteiger partial charge in [-0.2, -0.15) is 0 Å². The summed E-state index contributed by atoms with van der Waals surface area (Å²) in [5, 5.41) is 0. The van der Waals surface area contributed by atoms with Crippen molar-refractivity contribution in [2.75, 3.05) is 25.1 Å². The van der Waals surface area contributed by atoms with Crippen molar-refractivity contribution in [1.82, 2.24) is 9.88 Å². The number of halogens is 1. The summed E-state index contributed by atoms with van der Waals surface area (Å²) in [4.78, 5) is 18.5. The van der Waals surface area contributed by atoms with Crippen LogP contribution in [0, 0.1) is 0 Å². The average Bonchev–Trinajstić information content (AvgIpc) is 2.97. The number of carbonyl (C=O) groups excluding carboxylic acids is 1. The molecule has 1 atom stereocenters. The first-order valence-electron chi connectivity index (χ1n) is 6.68. The summed E-state index contributed by atoms with van der Waals surface area (Å²) in [5.41, 5.74) is 2.93. The third-order valence-corrected chi connectivity index (χ3v) is 3.77. The predicted molar refractivity (Wildman–Crippen MR) is 80.3 cm³/mol. The Balaban J connectivity index is 2.16. The van der Waals surface area contributed by atoms with Gasteiger partial charge >= 0.3 is 0 Å². The molecule has 1 aromatic heterocycles. The second kappa shape index (κ2) is 7.01. The number of likely N-dealkylation sites (N-methyl/N-ethyl adjacent to an activating group) is 1. The predicted octanol–water partition coefficient (Wildman–Crippen LogP) is 1.77. The third kappa shape index (κ3) is 3.47. The zero-order valence-corrected chi connectivity index (χ0v) is 13.0. The average molecular weight is 343 g/mol. The summed E-state index contributed by atoms with van der Waals surface area (Å²) in [6.07, 6.45) is 3.79. The Bertz CT molecular complexity index is 477. The minimum absolute atomic E-state index is 0.0928. The van der Waals surface area contributed by atoms with E-state index in [1.54, 1.807) is 17.2 Å². The molecule has 2 rings (SSSR count). The molecule has 0 spiro atoms. The highest BCUT2D eigenvalue weighted by Crippen LogP contribution is 2.20. The van der Waals surface area contributed by atoms with Gasteiger partial charge in [0.05, 0.1) is 11.7 Å². The van der Waals surface area contributed by atoms with Gasteiger partial charge in [-0.3, -0.25) is 4.79 Å². The molecule has 1 aliphatic rings. The Morgan fingerprint density at radius 3 is 3.10 bits per heavy atom. The summed E-state index contributed by atoms with van der Waals surface area (Å²) in [6.45, 7) is 3.96. The number of carbonyl (C=O) groups is 1. The maximum Gasteiger partial charge on any atom is 0.257 e. The van der Waals surface area contributed by atoms with Crippen LogP contribution in [0.1, 0.15) is 30.1 Å². The minimum Gasteiger partial charge on any atom is -0.376 e. The van der Waals surface area contributed by atoms with Gasteiger partial charge in [0.15, 0.2) is 5.82 Å². The summed E-state index contributed by atoms with van der Waals surface area (Å²) >= 11 is 3.33. The van der Waals surface area contributed by atoms with Gasteiger partial charge < -0.3 is 15.1 Å². The van der Waals surface area contributed by atoms with Gasteiger partial charge in [-0.25, -0.2) is 10.8 Å². The number of rotatable bonds is 5. The van der Waals surface area contributed by atoms with Gasteiger partial charge in [-0.1, -0.05) is 0 Å². The smallest absolute Gasteiger partial charge is 0.257 e. The number of nitrogens with two attached hydrogens (primary N) is 1. The van der Waals surface area contributed by atoms with Crippen molar-refractivity contribution in [1.29, 1.82) is 0 Å². The molecule has 1 unspecified atom stereocenters. The Morgan fingerprint density at radius 1 is 1.70 bits per heavy atom. The van der Waals surface area contributed by atoms with E-state index in [0.717, 1.165) is 23.9 Å². The van der Waals surface area contributed by atoms with Crippen molar-refractivity contribution in [3.63, 3.8) is 0 Å². The molecule has 1 fully saturated rings. The molecule has 3 N–H and O–H groups in total. The first-order valence-corrected chi connectivity index (χ1v) is 7.48. The number of anilines is 1. The summed E-state index contributed by atoms with van der Waals surface area (Å²) in [7, 11) is 0. The normalized spacial score (nSPS) is 18.1. The van der Waals surface area contributed by atoms with Gasteiger partial charge in [-0.05, 0) is 41.8 Å². The molecular weight excluding hydrogens is 324 g/mol. The van der Waals surface area contributed by atoms with Crippen LogP contribution in [0.5, 0.6) is 0 Å². The van der Waals surface area contributed by atoms with Crippen LogP contribution in [0.4, 0.5) is 5.82 Å². The second-order valence-corrected chi connectivity index (χ2v) is 5.59. The monoisotopic (exact) mass is 342 g/mol. The highest BCUT2D eigenvalue weighted by atomic mass is 79.9. The SMILES string of the molecule is CCN(CC1CCCO1)C(=O)c1cc(Br)cnc1NN. The fraction of sp³-hybridized carbons (Fsp3) is 0.538. The van der Waals surface area contributed by atoms with E-state index in [4.69, 9.17) is 10.6 Å². The van der Waals surface area contributed by atoms with Crippen molar-refractivity contribution >= 4 is 27.7 Å². The van der Waals surface area contributed by atoms with Crippen molar-refractivity contribution in [2.45, 2.75) is 25.9 Å². The van der Waals surface area contributed by atoms with E-state index in [1.807, 2.05) is 6.92 Å². The zero-order valence-electron chi connectivity index (χ0n) is 11.4.